The molecule has 2 aliphatic rings. The van der Waals surface area contributed by atoms with Crippen molar-refractivity contribution in [2.75, 3.05) is 7.11 Å². The maximum Gasteiger partial charge on any atom is 0.223 e. The Kier molecular flexibility index (Phi) is 3.09. The van der Waals surface area contributed by atoms with Gasteiger partial charge in [-0.2, -0.15) is 0 Å². The molecule has 4 unspecified atom stereocenters. The molecule has 0 aromatic heterocycles. The second-order valence-electron chi connectivity index (χ2n) is 7.09. The number of amides is 1. The first-order valence-electron chi connectivity index (χ1n) is 7.79. The third-order valence-electron chi connectivity index (χ3n) is 6.62. The molecule has 1 aromatic rings. The van der Waals surface area contributed by atoms with Gasteiger partial charge in [-0.1, -0.05) is 32.9 Å². The summed E-state index contributed by atoms with van der Waals surface area (Å²) < 4.78 is 5.20. The maximum absolute atomic E-state index is 12.6. The number of hydrogen-bond donors (Lipinski definition) is 0. The van der Waals surface area contributed by atoms with Crippen molar-refractivity contribution in [2.24, 2.45) is 17.3 Å². The normalized spacial score (nSPS) is 38.1. The van der Waals surface area contributed by atoms with Gasteiger partial charge in [0.15, 0.2) is 0 Å². The molecule has 2 fully saturated rings. The van der Waals surface area contributed by atoms with Crippen molar-refractivity contribution >= 4 is 5.91 Å². The number of ether oxygens (including phenoxy) is 1. The summed E-state index contributed by atoms with van der Waals surface area (Å²) in [4.78, 5) is 14.7. The molecular weight excluding hydrogens is 262 g/mol. The van der Waals surface area contributed by atoms with E-state index in [0.29, 0.717) is 30.7 Å². The summed E-state index contributed by atoms with van der Waals surface area (Å²) in [6.07, 6.45) is 0.673. The molecule has 3 heteroatoms. The second-order valence-corrected chi connectivity index (χ2v) is 7.09. The summed E-state index contributed by atoms with van der Waals surface area (Å²) in [5.74, 6) is 2.18. The predicted octanol–water partition coefficient (Wildman–Crippen LogP) is 3.48. The molecular formula is C18H25NO2. The molecule has 1 aromatic carbocycles. The molecule has 1 aliphatic heterocycles. The van der Waals surface area contributed by atoms with Gasteiger partial charge < -0.3 is 9.64 Å². The lowest BCUT2D eigenvalue weighted by molar-refractivity contribution is -0.141. The number of benzene rings is 1. The van der Waals surface area contributed by atoms with E-state index in [1.165, 1.54) is 5.56 Å². The SMILES string of the molecule is COc1ccc(CN2C(=O)CC(C)C3(C)C(C)C23C)cc1. The van der Waals surface area contributed by atoms with E-state index in [1.54, 1.807) is 7.11 Å². The fraction of sp³-hybridized carbons (Fsp3) is 0.611. The van der Waals surface area contributed by atoms with Crippen LogP contribution in [0.3, 0.4) is 0 Å². The molecule has 21 heavy (non-hydrogen) atoms. The van der Waals surface area contributed by atoms with Gasteiger partial charge in [0.05, 0.1) is 7.11 Å². The van der Waals surface area contributed by atoms with E-state index >= 15 is 0 Å². The minimum absolute atomic E-state index is 0.00166. The zero-order chi connectivity index (χ0) is 15.4. The zero-order valence-electron chi connectivity index (χ0n) is 13.6. The molecule has 1 saturated heterocycles. The fourth-order valence-corrected chi connectivity index (χ4v) is 4.53. The van der Waals surface area contributed by atoms with Crippen LogP contribution in [0, 0.1) is 17.3 Å². The van der Waals surface area contributed by atoms with Crippen molar-refractivity contribution in [3.05, 3.63) is 29.8 Å². The van der Waals surface area contributed by atoms with E-state index < -0.39 is 0 Å². The third kappa shape index (κ3) is 1.76. The fourth-order valence-electron chi connectivity index (χ4n) is 4.53. The zero-order valence-corrected chi connectivity index (χ0v) is 13.6. The van der Waals surface area contributed by atoms with E-state index in [-0.39, 0.29) is 11.0 Å². The number of likely N-dealkylation sites (tertiary alicyclic amines) is 1. The van der Waals surface area contributed by atoms with Crippen LogP contribution in [0.25, 0.3) is 0 Å². The third-order valence-corrected chi connectivity index (χ3v) is 6.62. The molecule has 0 radical (unpaired) electrons. The molecule has 3 rings (SSSR count). The highest BCUT2D eigenvalue weighted by Gasteiger charge is 2.75. The second kappa shape index (κ2) is 4.49. The highest BCUT2D eigenvalue weighted by atomic mass is 16.5. The van der Waals surface area contributed by atoms with Gasteiger partial charge in [0.1, 0.15) is 5.75 Å². The van der Waals surface area contributed by atoms with Gasteiger partial charge in [0.2, 0.25) is 5.91 Å². The summed E-state index contributed by atoms with van der Waals surface area (Å²) in [5, 5.41) is 0. The van der Waals surface area contributed by atoms with Gasteiger partial charge >= 0.3 is 0 Å². The monoisotopic (exact) mass is 287 g/mol. The summed E-state index contributed by atoms with van der Waals surface area (Å²) >= 11 is 0. The van der Waals surface area contributed by atoms with E-state index in [0.717, 1.165) is 5.75 Å². The van der Waals surface area contributed by atoms with Crippen LogP contribution >= 0.6 is 0 Å². The molecule has 3 nitrogen and oxygen atoms in total. The van der Waals surface area contributed by atoms with Crippen LogP contribution in [0.5, 0.6) is 5.75 Å². The van der Waals surface area contributed by atoms with Gasteiger partial charge in [0.25, 0.3) is 0 Å². The minimum Gasteiger partial charge on any atom is -0.497 e. The van der Waals surface area contributed by atoms with Gasteiger partial charge in [0, 0.05) is 18.5 Å². The first kappa shape index (κ1) is 14.4. The van der Waals surface area contributed by atoms with E-state index in [2.05, 4.69) is 44.7 Å². The van der Waals surface area contributed by atoms with Crippen molar-refractivity contribution in [2.45, 2.75) is 46.2 Å². The van der Waals surface area contributed by atoms with Crippen molar-refractivity contribution in [1.82, 2.24) is 4.90 Å². The average Bonchev–Trinajstić information content (AvgIpc) is 2.93. The van der Waals surface area contributed by atoms with Crippen LogP contribution in [0.2, 0.25) is 0 Å². The summed E-state index contributed by atoms with van der Waals surface area (Å²) in [6.45, 7) is 9.82. The Hall–Kier alpha value is -1.51. The number of nitrogens with zero attached hydrogens (tertiary/aromatic N) is 1. The average molecular weight is 287 g/mol. The van der Waals surface area contributed by atoms with Crippen LogP contribution in [0.4, 0.5) is 0 Å². The number of piperidine rings is 1. The van der Waals surface area contributed by atoms with Crippen molar-refractivity contribution < 1.29 is 9.53 Å². The van der Waals surface area contributed by atoms with Crippen LogP contribution in [0.15, 0.2) is 24.3 Å². The highest BCUT2D eigenvalue weighted by molar-refractivity contribution is 5.80. The van der Waals surface area contributed by atoms with Gasteiger partial charge in [-0.25, -0.2) is 0 Å². The van der Waals surface area contributed by atoms with Crippen LogP contribution < -0.4 is 4.74 Å². The highest BCUT2D eigenvalue weighted by Crippen LogP contribution is 2.71. The summed E-state index contributed by atoms with van der Waals surface area (Å²) in [7, 11) is 1.67. The Balaban J connectivity index is 1.86. The maximum atomic E-state index is 12.6. The molecule has 0 N–H and O–H groups in total. The lowest BCUT2D eigenvalue weighted by atomic mass is 9.81. The standard InChI is InChI=1S/C18H25NO2/c1-12-10-16(20)19(18(4)13(2)17(12,18)3)11-14-6-8-15(21-5)9-7-14/h6-9,12-13H,10-11H2,1-5H3. The molecule has 1 heterocycles. The van der Waals surface area contributed by atoms with Crippen molar-refractivity contribution in [3.8, 4) is 5.75 Å². The topological polar surface area (TPSA) is 29.5 Å². The van der Waals surface area contributed by atoms with Crippen LogP contribution in [-0.2, 0) is 11.3 Å². The van der Waals surface area contributed by atoms with Crippen molar-refractivity contribution in [1.29, 1.82) is 0 Å². The minimum atomic E-state index is 0.00166. The number of carbonyl (C=O) groups excluding carboxylic acids is 1. The Bertz CT molecular complexity index is 567. The molecule has 1 saturated carbocycles. The Morgan fingerprint density at radius 1 is 1.24 bits per heavy atom. The number of rotatable bonds is 3. The number of fused-ring (bicyclic) bond motifs is 1. The van der Waals surface area contributed by atoms with E-state index in [1.807, 2.05) is 12.1 Å². The Morgan fingerprint density at radius 3 is 2.43 bits per heavy atom. The quantitative estimate of drug-likeness (QED) is 0.852. The van der Waals surface area contributed by atoms with Gasteiger partial charge in [-0.3, -0.25) is 4.79 Å². The number of carbonyl (C=O) groups is 1. The molecule has 0 spiro atoms. The molecule has 114 valence electrons. The van der Waals surface area contributed by atoms with Gasteiger partial charge in [-0.05, 0) is 41.9 Å². The molecule has 1 amide bonds. The summed E-state index contributed by atoms with van der Waals surface area (Å²) in [5.41, 5.74) is 1.43. The Morgan fingerprint density at radius 2 is 1.86 bits per heavy atom. The van der Waals surface area contributed by atoms with Crippen LogP contribution in [0.1, 0.15) is 39.7 Å². The number of hydrogen-bond acceptors (Lipinski definition) is 2. The van der Waals surface area contributed by atoms with Gasteiger partial charge in [-0.15, -0.1) is 0 Å². The lowest BCUT2D eigenvalue weighted by Crippen LogP contribution is -2.49. The van der Waals surface area contributed by atoms with E-state index in [9.17, 15) is 4.79 Å². The van der Waals surface area contributed by atoms with Crippen molar-refractivity contribution in [3.63, 3.8) is 0 Å². The number of methoxy groups -OCH3 is 1. The smallest absolute Gasteiger partial charge is 0.223 e. The first-order chi connectivity index (χ1) is 9.85. The predicted molar refractivity (Wildman–Crippen MR) is 83.0 cm³/mol. The van der Waals surface area contributed by atoms with Crippen LogP contribution in [-0.4, -0.2) is 23.5 Å². The molecule has 1 aliphatic carbocycles. The lowest BCUT2D eigenvalue weighted by Gasteiger charge is -2.40. The van der Waals surface area contributed by atoms with E-state index in [4.69, 9.17) is 4.74 Å². The first-order valence-corrected chi connectivity index (χ1v) is 7.79. The largest absolute Gasteiger partial charge is 0.497 e. The molecule has 4 atom stereocenters. The molecule has 0 bridgehead atoms. The summed E-state index contributed by atoms with van der Waals surface area (Å²) in [6, 6.07) is 8.03. The Labute approximate surface area is 127 Å².